The predicted molar refractivity (Wildman–Crippen MR) is 243 cm³/mol. The number of hydrogen-bond donors (Lipinski definition) is 3. The molecule has 1 saturated heterocycles. The summed E-state index contributed by atoms with van der Waals surface area (Å²) in [5, 5.41) is 21.3. The highest BCUT2D eigenvalue weighted by Gasteiger charge is 2.44. The van der Waals surface area contributed by atoms with Crippen LogP contribution in [0.3, 0.4) is 0 Å². The molecule has 330 valence electrons. The van der Waals surface area contributed by atoms with Crippen LogP contribution in [0.1, 0.15) is 60.8 Å². The first-order chi connectivity index (χ1) is 30.8. The van der Waals surface area contributed by atoms with Gasteiger partial charge in [0, 0.05) is 61.2 Å². The first-order valence-electron chi connectivity index (χ1n) is 21.3. The van der Waals surface area contributed by atoms with Gasteiger partial charge in [0.2, 0.25) is 17.7 Å². The minimum Gasteiger partial charge on any atom is -0.491 e. The van der Waals surface area contributed by atoms with Gasteiger partial charge in [-0.05, 0) is 77.4 Å². The predicted octanol–water partition coefficient (Wildman–Crippen LogP) is 6.37. The number of hydrogen-bond acceptors (Lipinski definition) is 11. The molecule has 4 heterocycles. The Morgan fingerprint density at radius 2 is 1.67 bits per heavy atom. The van der Waals surface area contributed by atoms with Gasteiger partial charge >= 0.3 is 0 Å². The van der Waals surface area contributed by atoms with E-state index < -0.39 is 35.4 Å². The van der Waals surface area contributed by atoms with Crippen LogP contribution < -0.4 is 15.4 Å². The lowest BCUT2D eigenvalue weighted by Crippen LogP contribution is -2.58. The van der Waals surface area contributed by atoms with Crippen molar-refractivity contribution in [1.82, 2.24) is 35.3 Å². The van der Waals surface area contributed by atoms with Crippen molar-refractivity contribution in [2.24, 2.45) is 5.41 Å². The summed E-state index contributed by atoms with van der Waals surface area (Å²) >= 11 is 1.57. The molecular formula is C49H51N7O7S. The quantitative estimate of drug-likeness (QED) is 0.0983. The van der Waals surface area contributed by atoms with Crippen LogP contribution in [0.5, 0.6) is 5.75 Å². The maximum Gasteiger partial charge on any atom is 0.246 e. The normalized spacial score (nSPS) is 16.4. The average Bonchev–Trinajstić information content (AvgIpc) is 4.11. The summed E-state index contributed by atoms with van der Waals surface area (Å²) in [6.07, 6.45) is 5.94. The third kappa shape index (κ3) is 9.96. The highest BCUT2D eigenvalue weighted by molar-refractivity contribution is 7.13. The monoisotopic (exact) mass is 881 g/mol. The number of aryl methyl sites for hydroxylation is 2. The summed E-state index contributed by atoms with van der Waals surface area (Å²) in [6.45, 7) is 7.67. The number of nitrogens with one attached hydrogen (secondary N) is 2. The first-order valence-corrected chi connectivity index (χ1v) is 22.2. The van der Waals surface area contributed by atoms with E-state index in [2.05, 4.69) is 26.7 Å². The van der Waals surface area contributed by atoms with E-state index in [9.17, 15) is 24.3 Å². The zero-order valence-corrected chi connectivity index (χ0v) is 37.1. The molecule has 3 N–H and O–H groups in total. The van der Waals surface area contributed by atoms with Gasteiger partial charge in [0.25, 0.3) is 0 Å². The van der Waals surface area contributed by atoms with E-state index in [-0.39, 0.29) is 51.0 Å². The van der Waals surface area contributed by atoms with Gasteiger partial charge in [-0.15, -0.1) is 11.3 Å². The second-order valence-electron chi connectivity index (χ2n) is 17.2. The van der Waals surface area contributed by atoms with Crippen molar-refractivity contribution < 1.29 is 33.8 Å². The fourth-order valence-electron chi connectivity index (χ4n) is 8.12. The first kappa shape index (κ1) is 44.1. The van der Waals surface area contributed by atoms with E-state index in [0.717, 1.165) is 67.3 Å². The molecule has 15 heteroatoms. The van der Waals surface area contributed by atoms with Crippen molar-refractivity contribution >= 4 is 34.8 Å². The van der Waals surface area contributed by atoms with Crippen molar-refractivity contribution in [1.29, 1.82) is 0 Å². The Kier molecular flexibility index (Phi) is 13.1. The Balaban J connectivity index is 0.824. The van der Waals surface area contributed by atoms with E-state index in [1.54, 1.807) is 23.7 Å². The molecule has 3 atom stereocenters. The molecule has 1 aliphatic heterocycles. The highest BCUT2D eigenvalue weighted by atomic mass is 32.1. The van der Waals surface area contributed by atoms with Crippen LogP contribution in [0.2, 0.25) is 0 Å². The van der Waals surface area contributed by atoms with Gasteiger partial charge in [0.05, 0.1) is 34.5 Å². The number of β-amino-alcohol motifs (C(OH)–C–C–N with tert-alkyl or cyclic N) is 1. The molecule has 0 saturated carbocycles. The molecule has 6 aromatic rings. The maximum atomic E-state index is 14.0. The number of pyridine rings is 1. The second-order valence-corrected chi connectivity index (χ2v) is 18.1. The maximum absolute atomic E-state index is 14.0. The van der Waals surface area contributed by atoms with Crippen molar-refractivity contribution in [3.63, 3.8) is 0 Å². The number of ether oxygens (including phenoxy) is 2. The zero-order chi connectivity index (χ0) is 45.0. The van der Waals surface area contributed by atoms with Gasteiger partial charge in [-0.1, -0.05) is 63.2 Å². The summed E-state index contributed by atoms with van der Waals surface area (Å²) < 4.78 is 13.4. The third-order valence-electron chi connectivity index (χ3n) is 11.5. The van der Waals surface area contributed by atoms with E-state index in [4.69, 9.17) is 14.6 Å². The minimum atomic E-state index is -0.979. The summed E-state index contributed by atoms with van der Waals surface area (Å²) in [6, 6.07) is 23.3. The van der Waals surface area contributed by atoms with Gasteiger partial charge in [0.15, 0.2) is 5.78 Å². The molecule has 1 unspecified atom stereocenters. The number of fused-ring (bicyclic) bond motifs is 1. The number of aliphatic hydroxyl groups excluding tert-OH is 1. The minimum absolute atomic E-state index is 0.0219. The number of aromatic nitrogens is 4. The van der Waals surface area contributed by atoms with Gasteiger partial charge in [-0.3, -0.25) is 24.2 Å². The molecule has 3 aromatic heterocycles. The molecule has 3 amide bonds. The van der Waals surface area contributed by atoms with Crippen LogP contribution in [0.25, 0.3) is 38.5 Å². The van der Waals surface area contributed by atoms with E-state index in [1.807, 2.05) is 117 Å². The molecule has 0 spiro atoms. The lowest BCUT2D eigenvalue weighted by Gasteiger charge is -2.35. The Morgan fingerprint density at radius 1 is 0.922 bits per heavy atom. The van der Waals surface area contributed by atoms with E-state index in [0.29, 0.717) is 12.2 Å². The van der Waals surface area contributed by atoms with Crippen molar-refractivity contribution in [2.45, 2.75) is 71.7 Å². The van der Waals surface area contributed by atoms with Gasteiger partial charge < -0.3 is 30.1 Å². The molecule has 2 aliphatic rings. The Morgan fingerprint density at radius 3 is 2.39 bits per heavy atom. The number of carbonyl (C=O) groups excluding carboxylic acids is 4. The van der Waals surface area contributed by atoms with Crippen molar-refractivity contribution in [2.75, 3.05) is 26.4 Å². The average molecular weight is 882 g/mol. The number of benzene rings is 3. The van der Waals surface area contributed by atoms with Gasteiger partial charge in [-0.25, -0.2) is 9.67 Å². The molecule has 1 aliphatic carbocycles. The number of carbonyl (C=O) groups is 4. The van der Waals surface area contributed by atoms with E-state index in [1.165, 1.54) is 4.90 Å². The van der Waals surface area contributed by atoms with Crippen LogP contribution in [0, 0.1) is 12.3 Å². The summed E-state index contributed by atoms with van der Waals surface area (Å²) in [7, 11) is 0. The lowest BCUT2D eigenvalue weighted by atomic mass is 9.85. The summed E-state index contributed by atoms with van der Waals surface area (Å²) in [5.74, 6) is -0.532. The fraction of sp³-hybridized carbons (Fsp3) is 0.327. The van der Waals surface area contributed by atoms with Gasteiger partial charge in [0.1, 0.15) is 36.7 Å². The Hall–Kier alpha value is -6.55. The van der Waals surface area contributed by atoms with Crippen molar-refractivity contribution in [3.8, 4) is 44.3 Å². The molecule has 3 aromatic carbocycles. The number of rotatable bonds is 15. The van der Waals surface area contributed by atoms with Crippen LogP contribution >= 0.6 is 11.3 Å². The van der Waals surface area contributed by atoms with E-state index >= 15 is 0 Å². The topological polar surface area (TPSA) is 178 Å². The van der Waals surface area contributed by atoms with Crippen LogP contribution in [-0.2, 0) is 32.1 Å². The van der Waals surface area contributed by atoms with Crippen LogP contribution in [-0.4, -0.2) is 97.8 Å². The number of ketones is 1. The largest absolute Gasteiger partial charge is 0.491 e. The molecule has 1 fully saturated rings. The molecular weight excluding hydrogens is 831 g/mol. The fourth-order valence-corrected chi connectivity index (χ4v) is 8.94. The molecule has 0 radical (unpaired) electrons. The van der Waals surface area contributed by atoms with Gasteiger partial charge in [-0.2, -0.15) is 5.10 Å². The number of likely N-dealkylation sites (tertiary alicyclic amines) is 1. The number of amides is 3. The zero-order valence-electron chi connectivity index (χ0n) is 36.2. The Labute approximate surface area is 375 Å². The number of Topliss-reactive ketones (excluding diaryl/α,β-unsaturated/α-hetero) is 1. The SMILES string of the molecule is Cc1ncsc1-c1ccc(CNC(=O)[C@@H]2C[C@@H](O)CN2C(=O)C(NC(=O)COCCOc2ccc(-n3cc(-c4ccc5c(c4)CCC5=O)c(-c4ccncc4)n3)cc2)C(C)(C)C)cc1. The van der Waals surface area contributed by atoms with Crippen molar-refractivity contribution in [3.05, 3.63) is 125 Å². The molecule has 14 nitrogen and oxygen atoms in total. The third-order valence-corrected chi connectivity index (χ3v) is 12.5. The summed E-state index contributed by atoms with van der Waals surface area (Å²) in [4.78, 5) is 63.8. The molecule has 8 rings (SSSR count). The highest BCUT2D eigenvalue weighted by Crippen LogP contribution is 2.35. The number of nitrogens with zero attached hydrogens (tertiary/aromatic N) is 5. The summed E-state index contributed by atoms with van der Waals surface area (Å²) in [5.41, 5.74) is 10.3. The number of thiazole rings is 1. The molecule has 0 bridgehead atoms. The van der Waals surface area contributed by atoms with Crippen LogP contribution in [0.15, 0.2) is 103 Å². The van der Waals surface area contributed by atoms with Crippen LogP contribution in [0.4, 0.5) is 0 Å². The smallest absolute Gasteiger partial charge is 0.246 e. The Bertz CT molecular complexity index is 2640. The second kappa shape index (κ2) is 19.1. The lowest BCUT2D eigenvalue weighted by molar-refractivity contribution is -0.144. The standard InChI is InChI=1S/C49H51N7O7S/c1-30-45(64-29-52-30)33-7-5-31(6-8-33)25-51-47(60)41-24-37(57)26-55(41)48(61)46(49(2,3)4)53-43(59)28-62-21-22-63-38-13-11-36(12-14-38)56-27-40(44(54-56)32-17-19-50-20-18-32)35-9-15-39-34(23-35)10-16-42(39)58/h5-9,11-15,17-20,23,27,29,37,41,46,57H,10,16,21-22,24-26,28H2,1-4H3,(H,51,60)(H,53,59)/t37-,41+,46?/m1/s1. The number of aliphatic hydroxyl groups is 1. The molecule has 64 heavy (non-hydrogen) atoms.